The van der Waals surface area contributed by atoms with Crippen molar-refractivity contribution in [2.45, 2.75) is 12.3 Å². The first-order valence-corrected chi connectivity index (χ1v) is 10.2. The van der Waals surface area contributed by atoms with Crippen LogP contribution in [-0.2, 0) is 4.79 Å². The van der Waals surface area contributed by atoms with Crippen molar-refractivity contribution in [2.24, 2.45) is 0 Å². The number of fused-ring (bicyclic) bond motifs is 3. The van der Waals surface area contributed by atoms with Gasteiger partial charge in [-0.1, -0.05) is 36.4 Å². The molecule has 0 saturated heterocycles. The number of hydrogen-bond acceptors (Lipinski definition) is 6. The molecule has 0 fully saturated rings. The number of carbonyl (C=O) groups excluding carboxylic acids is 2. The third-order valence-electron chi connectivity index (χ3n) is 5.69. The van der Waals surface area contributed by atoms with Crippen LogP contribution in [0.15, 0.2) is 66.4 Å². The molecule has 2 heterocycles. The lowest BCUT2D eigenvalue weighted by molar-refractivity contribution is -0.135. The molecule has 6 nitrogen and oxygen atoms in total. The third kappa shape index (κ3) is 3.30. The molecule has 2 aliphatic rings. The number of ether oxygens (including phenoxy) is 4. The highest BCUT2D eigenvalue weighted by atomic mass is 16.5. The van der Waals surface area contributed by atoms with Crippen molar-refractivity contribution in [2.75, 3.05) is 14.2 Å². The lowest BCUT2D eigenvalue weighted by atomic mass is 9.85. The molecule has 0 amide bonds. The van der Waals surface area contributed by atoms with Crippen LogP contribution in [0.25, 0.3) is 6.08 Å². The van der Waals surface area contributed by atoms with E-state index >= 15 is 0 Å². The van der Waals surface area contributed by atoms with E-state index in [1.165, 1.54) is 0 Å². The van der Waals surface area contributed by atoms with Crippen LogP contribution in [0.5, 0.6) is 23.0 Å². The molecule has 0 bridgehead atoms. The molecule has 2 aliphatic heterocycles. The van der Waals surface area contributed by atoms with Gasteiger partial charge in [-0.05, 0) is 41.5 Å². The molecular weight excluding hydrogens is 408 g/mol. The SMILES string of the molecule is COc1ccc(/C=C2\Oc3c(ccc4c3[C@H](c3ccccc3)CC(=O)O4)C2=O)cc1OC. The average Bonchev–Trinajstić information content (AvgIpc) is 3.14. The Bertz CT molecular complexity index is 1260. The maximum absolute atomic E-state index is 13.1. The third-order valence-corrected chi connectivity index (χ3v) is 5.69. The van der Waals surface area contributed by atoms with Crippen LogP contribution in [0.2, 0.25) is 0 Å². The summed E-state index contributed by atoms with van der Waals surface area (Å²) in [5, 5.41) is 0. The number of hydrogen-bond donors (Lipinski definition) is 0. The molecule has 3 aromatic rings. The lowest BCUT2D eigenvalue weighted by Crippen LogP contribution is -2.21. The van der Waals surface area contributed by atoms with Crippen LogP contribution < -0.4 is 18.9 Å². The second-order valence-electron chi connectivity index (χ2n) is 7.55. The summed E-state index contributed by atoms with van der Waals surface area (Å²) in [4.78, 5) is 25.3. The monoisotopic (exact) mass is 428 g/mol. The van der Waals surface area contributed by atoms with Gasteiger partial charge in [0.1, 0.15) is 11.5 Å². The standard InChI is InChI=1S/C26H20O6/c1-29-19-10-8-15(12-21(19)30-2)13-22-25(28)17-9-11-20-24(26(17)32-22)18(14-23(27)31-20)16-6-4-3-5-7-16/h3-13,18H,14H2,1-2H3/b22-13-/t18-/m0/s1. The molecule has 6 heteroatoms. The molecule has 0 spiro atoms. The van der Waals surface area contributed by atoms with E-state index in [1.54, 1.807) is 44.6 Å². The normalized spacial score (nSPS) is 17.9. The number of rotatable bonds is 4. The van der Waals surface area contributed by atoms with E-state index in [0.29, 0.717) is 28.6 Å². The number of ketones is 1. The zero-order chi connectivity index (χ0) is 22.2. The summed E-state index contributed by atoms with van der Waals surface area (Å²) in [5.41, 5.74) is 2.87. The summed E-state index contributed by atoms with van der Waals surface area (Å²) < 4.78 is 22.2. The molecule has 160 valence electrons. The Hall–Kier alpha value is -4.06. The van der Waals surface area contributed by atoms with Crippen LogP contribution in [0.3, 0.4) is 0 Å². The van der Waals surface area contributed by atoms with Gasteiger partial charge in [-0.2, -0.15) is 0 Å². The second-order valence-corrected chi connectivity index (χ2v) is 7.55. The topological polar surface area (TPSA) is 71.1 Å². The van der Waals surface area contributed by atoms with Gasteiger partial charge in [0.15, 0.2) is 17.3 Å². The van der Waals surface area contributed by atoms with Crippen LogP contribution in [0, 0.1) is 0 Å². The molecule has 0 aromatic heterocycles. The highest BCUT2D eigenvalue weighted by Crippen LogP contribution is 2.49. The lowest BCUT2D eigenvalue weighted by Gasteiger charge is -2.26. The van der Waals surface area contributed by atoms with Gasteiger partial charge in [0.2, 0.25) is 5.78 Å². The maximum Gasteiger partial charge on any atom is 0.312 e. The largest absolute Gasteiger partial charge is 0.493 e. The minimum Gasteiger partial charge on any atom is -0.493 e. The Labute approximate surface area is 185 Å². The molecule has 0 radical (unpaired) electrons. The summed E-state index contributed by atoms with van der Waals surface area (Å²) in [6, 6.07) is 18.4. The van der Waals surface area contributed by atoms with Crippen LogP contribution >= 0.6 is 0 Å². The van der Waals surface area contributed by atoms with Gasteiger partial charge < -0.3 is 18.9 Å². The van der Waals surface area contributed by atoms with Crippen molar-refractivity contribution < 1.29 is 28.5 Å². The molecule has 3 aromatic carbocycles. The predicted octanol–water partition coefficient (Wildman–Crippen LogP) is 4.76. The predicted molar refractivity (Wildman–Crippen MR) is 117 cm³/mol. The van der Waals surface area contributed by atoms with Gasteiger partial charge >= 0.3 is 5.97 Å². The highest BCUT2D eigenvalue weighted by Gasteiger charge is 2.38. The molecule has 0 aliphatic carbocycles. The summed E-state index contributed by atoms with van der Waals surface area (Å²) in [6.07, 6.45) is 1.85. The van der Waals surface area contributed by atoms with Crippen molar-refractivity contribution in [1.29, 1.82) is 0 Å². The Balaban J connectivity index is 1.58. The van der Waals surface area contributed by atoms with Gasteiger partial charge in [-0.3, -0.25) is 9.59 Å². The Kier molecular flexibility index (Phi) is 4.90. The summed E-state index contributed by atoms with van der Waals surface area (Å²) in [6.45, 7) is 0. The van der Waals surface area contributed by atoms with E-state index in [0.717, 1.165) is 16.7 Å². The number of benzene rings is 3. The smallest absolute Gasteiger partial charge is 0.312 e. The maximum atomic E-state index is 13.1. The van der Waals surface area contributed by atoms with Crippen LogP contribution in [0.4, 0.5) is 0 Å². The molecule has 0 N–H and O–H groups in total. The fraction of sp³-hybridized carbons (Fsp3) is 0.154. The zero-order valence-electron chi connectivity index (χ0n) is 17.6. The summed E-state index contributed by atoms with van der Waals surface area (Å²) >= 11 is 0. The molecular formula is C26H20O6. The van der Waals surface area contributed by atoms with Gasteiger partial charge in [0, 0.05) is 11.5 Å². The number of methoxy groups -OCH3 is 2. The van der Waals surface area contributed by atoms with Crippen molar-refractivity contribution >= 4 is 17.8 Å². The fourth-order valence-corrected chi connectivity index (χ4v) is 4.17. The summed E-state index contributed by atoms with van der Waals surface area (Å²) in [5.74, 6) is 1.43. The van der Waals surface area contributed by atoms with Gasteiger partial charge in [0.25, 0.3) is 0 Å². The quantitative estimate of drug-likeness (QED) is 0.339. The van der Waals surface area contributed by atoms with Crippen molar-refractivity contribution in [3.05, 3.63) is 88.7 Å². The second kappa shape index (κ2) is 7.89. The highest BCUT2D eigenvalue weighted by molar-refractivity contribution is 6.15. The Morgan fingerprint density at radius 3 is 2.44 bits per heavy atom. The van der Waals surface area contributed by atoms with E-state index in [9.17, 15) is 9.59 Å². The number of Topliss-reactive ketones (excluding diaryl/α,β-unsaturated/α-hetero) is 1. The number of carbonyl (C=O) groups is 2. The molecule has 1 atom stereocenters. The van der Waals surface area contributed by atoms with Crippen LogP contribution in [-0.4, -0.2) is 26.0 Å². The molecule has 0 unspecified atom stereocenters. The first-order chi connectivity index (χ1) is 15.6. The first kappa shape index (κ1) is 19.9. The molecule has 5 rings (SSSR count). The molecule has 32 heavy (non-hydrogen) atoms. The first-order valence-electron chi connectivity index (χ1n) is 10.2. The molecule has 0 saturated carbocycles. The van der Waals surface area contributed by atoms with Crippen LogP contribution in [0.1, 0.15) is 39.4 Å². The van der Waals surface area contributed by atoms with E-state index < -0.39 is 0 Å². The zero-order valence-corrected chi connectivity index (χ0v) is 17.6. The number of esters is 1. The van der Waals surface area contributed by atoms with E-state index in [4.69, 9.17) is 18.9 Å². The number of allylic oxidation sites excluding steroid dienone is 1. The van der Waals surface area contributed by atoms with E-state index in [2.05, 4.69) is 0 Å². The Morgan fingerprint density at radius 1 is 0.906 bits per heavy atom. The van der Waals surface area contributed by atoms with Crippen molar-refractivity contribution in [3.8, 4) is 23.0 Å². The van der Waals surface area contributed by atoms with E-state index in [1.807, 2.05) is 36.4 Å². The Morgan fingerprint density at radius 2 is 1.69 bits per heavy atom. The van der Waals surface area contributed by atoms with E-state index in [-0.39, 0.29) is 29.9 Å². The minimum atomic E-state index is -0.309. The van der Waals surface area contributed by atoms with Gasteiger partial charge in [-0.15, -0.1) is 0 Å². The van der Waals surface area contributed by atoms with Gasteiger partial charge in [0.05, 0.1) is 26.2 Å². The fourth-order valence-electron chi connectivity index (χ4n) is 4.17. The average molecular weight is 428 g/mol. The van der Waals surface area contributed by atoms with Crippen molar-refractivity contribution in [3.63, 3.8) is 0 Å². The minimum absolute atomic E-state index is 0.180. The van der Waals surface area contributed by atoms with Gasteiger partial charge in [-0.25, -0.2) is 0 Å². The van der Waals surface area contributed by atoms with Crippen molar-refractivity contribution in [1.82, 2.24) is 0 Å². The summed E-state index contributed by atoms with van der Waals surface area (Å²) in [7, 11) is 3.12.